The van der Waals surface area contributed by atoms with E-state index in [2.05, 4.69) is 29.3 Å². The molecule has 0 aliphatic carbocycles. The smallest absolute Gasteiger partial charge is 0.274 e. The van der Waals surface area contributed by atoms with Gasteiger partial charge in [-0.3, -0.25) is 0 Å². The molecule has 6 nitrogen and oxygen atoms in total. The number of methoxy groups -OCH3 is 1. The fraction of sp³-hybridized carbons (Fsp3) is 0.364. The molecule has 7 heteroatoms. The molecule has 1 aliphatic heterocycles. The summed E-state index contributed by atoms with van der Waals surface area (Å²) >= 11 is 5.99. The molecule has 1 atom stereocenters. The maximum absolute atomic E-state index is 5.99. The van der Waals surface area contributed by atoms with Gasteiger partial charge in [0.25, 0.3) is 5.89 Å². The van der Waals surface area contributed by atoms with Crippen LogP contribution in [0.2, 0.25) is 5.02 Å². The minimum Gasteiger partial charge on any atom is -0.497 e. The molecule has 0 spiro atoms. The Hall–Kier alpha value is -2.41. The summed E-state index contributed by atoms with van der Waals surface area (Å²) in [6.07, 6.45) is 0. The quantitative estimate of drug-likeness (QED) is 0.641. The lowest BCUT2D eigenvalue weighted by atomic mass is 10.2. The van der Waals surface area contributed by atoms with Crippen LogP contribution in [0.1, 0.15) is 24.4 Å². The van der Waals surface area contributed by atoms with Gasteiger partial charge in [0, 0.05) is 16.1 Å². The van der Waals surface area contributed by atoms with Gasteiger partial charge in [-0.1, -0.05) is 23.7 Å². The lowest BCUT2D eigenvalue weighted by molar-refractivity contribution is -1.03. The highest BCUT2D eigenvalue weighted by atomic mass is 35.5. The van der Waals surface area contributed by atoms with Crippen LogP contribution >= 0.6 is 11.6 Å². The molecule has 3 aromatic rings. The van der Waals surface area contributed by atoms with Crippen LogP contribution < -0.4 is 14.5 Å². The van der Waals surface area contributed by atoms with E-state index in [4.69, 9.17) is 20.8 Å². The topological polar surface area (TPSA) is 57.0 Å². The highest BCUT2D eigenvalue weighted by Crippen LogP contribution is 2.22. The average molecular weight is 415 g/mol. The van der Waals surface area contributed by atoms with E-state index in [9.17, 15) is 0 Å². The van der Waals surface area contributed by atoms with Gasteiger partial charge >= 0.3 is 0 Å². The lowest BCUT2D eigenvalue weighted by Gasteiger charge is -2.32. The minimum atomic E-state index is 0.187. The maximum Gasteiger partial charge on any atom is 0.274 e. The summed E-state index contributed by atoms with van der Waals surface area (Å²) in [5.74, 6) is 2.07. The van der Waals surface area contributed by atoms with Gasteiger partial charge in [0.2, 0.25) is 5.89 Å². The average Bonchev–Trinajstić information content (AvgIpc) is 3.26. The summed E-state index contributed by atoms with van der Waals surface area (Å²) in [5, 5.41) is 9.36. The molecule has 2 aromatic carbocycles. The zero-order chi connectivity index (χ0) is 20.2. The fourth-order valence-corrected chi connectivity index (χ4v) is 3.99. The van der Waals surface area contributed by atoms with E-state index in [1.54, 1.807) is 12.0 Å². The van der Waals surface area contributed by atoms with E-state index in [1.807, 2.05) is 36.4 Å². The second-order valence-electron chi connectivity index (χ2n) is 7.61. The number of nitrogens with one attached hydrogen (secondary N) is 2. The van der Waals surface area contributed by atoms with Crippen LogP contribution in [0.5, 0.6) is 5.75 Å². The third-order valence-corrected chi connectivity index (χ3v) is 5.98. The van der Waals surface area contributed by atoms with Gasteiger partial charge in [-0.15, -0.1) is 10.2 Å². The maximum atomic E-state index is 5.99. The van der Waals surface area contributed by atoms with Crippen LogP contribution in [0.3, 0.4) is 0 Å². The molecule has 0 bridgehead atoms. The SMILES string of the molecule is COc1ccc(-c2nnc([C@H](C)[NH+]3CC[NH+](Cc4ccc(Cl)cc4)CC3)o2)cc1. The molecule has 2 heterocycles. The number of ether oxygens (including phenoxy) is 1. The number of hydrogen-bond donors (Lipinski definition) is 2. The van der Waals surface area contributed by atoms with Crippen molar-refractivity contribution in [2.75, 3.05) is 33.3 Å². The molecule has 1 aromatic heterocycles. The lowest BCUT2D eigenvalue weighted by Crippen LogP contribution is -3.27. The number of aromatic nitrogens is 2. The van der Waals surface area contributed by atoms with Crippen LogP contribution in [0, 0.1) is 0 Å². The first-order valence-electron chi connectivity index (χ1n) is 10.0. The molecule has 1 saturated heterocycles. The van der Waals surface area contributed by atoms with Crippen LogP contribution in [0.25, 0.3) is 11.5 Å². The molecule has 2 N–H and O–H groups in total. The summed E-state index contributed by atoms with van der Waals surface area (Å²) in [7, 11) is 1.65. The number of nitrogens with zero attached hydrogens (tertiary/aromatic N) is 2. The van der Waals surface area contributed by atoms with Crippen molar-refractivity contribution in [3.05, 3.63) is 65.0 Å². The van der Waals surface area contributed by atoms with E-state index in [-0.39, 0.29) is 6.04 Å². The number of hydrogen-bond acceptors (Lipinski definition) is 4. The van der Waals surface area contributed by atoms with Crippen molar-refractivity contribution in [1.82, 2.24) is 10.2 Å². The Morgan fingerprint density at radius 3 is 2.34 bits per heavy atom. The Morgan fingerprint density at radius 1 is 1.00 bits per heavy atom. The Labute approximate surface area is 176 Å². The number of quaternary nitrogens is 2. The zero-order valence-electron chi connectivity index (χ0n) is 16.8. The van der Waals surface area contributed by atoms with E-state index >= 15 is 0 Å². The predicted molar refractivity (Wildman–Crippen MR) is 111 cm³/mol. The molecule has 0 unspecified atom stereocenters. The van der Waals surface area contributed by atoms with Crippen molar-refractivity contribution in [2.45, 2.75) is 19.5 Å². The summed E-state index contributed by atoms with van der Waals surface area (Å²) in [6, 6.07) is 16.0. The van der Waals surface area contributed by atoms with Crippen molar-refractivity contribution < 1.29 is 19.0 Å². The molecule has 1 fully saturated rings. The van der Waals surface area contributed by atoms with Crippen molar-refractivity contribution in [2.24, 2.45) is 0 Å². The number of rotatable bonds is 6. The van der Waals surface area contributed by atoms with Gasteiger partial charge in [0.1, 0.15) is 38.5 Å². The molecular weight excluding hydrogens is 388 g/mol. The molecule has 1 aliphatic rings. The van der Waals surface area contributed by atoms with Gasteiger partial charge in [-0.25, -0.2) is 0 Å². The third kappa shape index (κ3) is 4.78. The van der Waals surface area contributed by atoms with Crippen LogP contribution in [0.15, 0.2) is 52.9 Å². The highest BCUT2D eigenvalue weighted by Gasteiger charge is 2.31. The summed E-state index contributed by atoms with van der Waals surface area (Å²) in [4.78, 5) is 3.10. The first-order chi connectivity index (χ1) is 14.1. The Kier molecular flexibility index (Phi) is 6.13. The van der Waals surface area contributed by atoms with Crippen LogP contribution in [0.4, 0.5) is 0 Å². The van der Waals surface area contributed by atoms with Crippen LogP contribution in [-0.4, -0.2) is 43.5 Å². The molecule has 0 saturated carbocycles. The summed E-state index contributed by atoms with van der Waals surface area (Å²) in [5.41, 5.74) is 2.24. The van der Waals surface area contributed by atoms with Gasteiger partial charge < -0.3 is 19.0 Å². The molecule has 0 radical (unpaired) electrons. The van der Waals surface area contributed by atoms with Crippen LogP contribution in [-0.2, 0) is 6.54 Å². The Balaban J connectivity index is 1.34. The number of benzene rings is 2. The Bertz CT molecular complexity index is 919. The first-order valence-corrected chi connectivity index (χ1v) is 10.4. The van der Waals surface area contributed by atoms with Crippen molar-refractivity contribution in [3.63, 3.8) is 0 Å². The normalized spacial score (nSPS) is 20.4. The van der Waals surface area contributed by atoms with Gasteiger partial charge in [0.15, 0.2) is 6.04 Å². The van der Waals surface area contributed by atoms with Gasteiger partial charge in [-0.2, -0.15) is 0 Å². The third-order valence-electron chi connectivity index (χ3n) is 5.73. The highest BCUT2D eigenvalue weighted by molar-refractivity contribution is 6.30. The predicted octanol–water partition coefficient (Wildman–Crippen LogP) is 1.44. The molecule has 0 amide bonds. The van der Waals surface area contributed by atoms with E-state index in [1.165, 1.54) is 10.5 Å². The molecule has 4 rings (SSSR count). The van der Waals surface area contributed by atoms with Gasteiger partial charge in [0.05, 0.1) is 7.11 Å². The standard InChI is InChI=1S/C22H25ClN4O2/c1-16(21-24-25-22(29-21)18-5-9-20(28-2)10-6-18)27-13-11-26(12-14-27)15-17-3-7-19(23)8-4-17/h3-10,16H,11-15H2,1-2H3/p+2/t16-/m0/s1. The number of piperazine rings is 1. The van der Waals surface area contributed by atoms with E-state index in [0.717, 1.165) is 49.1 Å². The zero-order valence-corrected chi connectivity index (χ0v) is 17.6. The largest absolute Gasteiger partial charge is 0.497 e. The monoisotopic (exact) mass is 414 g/mol. The summed E-state index contributed by atoms with van der Waals surface area (Å²) in [6.45, 7) is 7.64. The second kappa shape index (κ2) is 8.95. The van der Waals surface area contributed by atoms with Gasteiger partial charge in [-0.05, 0) is 43.3 Å². The van der Waals surface area contributed by atoms with Crippen molar-refractivity contribution in [1.29, 1.82) is 0 Å². The molecular formula is C22H27ClN4O2+2. The van der Waals surface area contributed by atoms with Crippen molar-refractivity contribution in [3.8, 4) is 17.2 Å². The minimum absolute atomic E-state index is 0.187. The number of halogens is 1. The van der Waals surface area contributed by atoms with E-state index < -0.39 is 0 Å². The van der Waals surface area contributed by atoms with Crippen molar-refractivity contribution >= 4 is 11.6 Å². The summed E-state index contributed by atoms with van der Waals surface area (Å²) < 4.78 is 11.2. The molecule has 29 heavy (non-hydrogen) atoms. The second-order valence-corrected chi connectivity index (χ2v) is 8.04. The molecule has 152 valence electrons. The van der Waals surface area contributed by atoms with E-state index in [0.29, 0.717) is 11.8 Å². The first kappa shape index (κ1) is 19.9. The Morgan fingerprint density at radius 2 is 1.69 bits per heavy atom. The fourth-order valence-electron chi connectivity index (χ4n) is 3.86.